The standard InChI is InChI=1S/C12H23N3O2/c1-12(2,11(14)17)15-10(16)7-8-5-3-4-6-9(8)13/h8-9H,3-7,13H2,1-2H3,(H2,14,17)(H,15,16). The zero-order chi connectivity index (χ0) is 13.1. The van der Waals surface area contributed by atoms with E-state index in [2.05, 4.69) is 5.32 Å². The lowest BCUT2D eigenvalue weighted by Gasteiger charge is -2.29. The zero-order valence-electron chi connectivity index (χ0n) is 10.7. The molecule has 5 N–H and O–H groups in total. The summed E-state index contributed by atoms with van der Waals surface area (Å²) in [4.78, 5) is 22.9. The van der Waals surface area contributed by atoms with Gasteiger partial charge in [-0.25, -0.2) is 0 Å². The summed E-state index contributed by atoms with van der Waals surface area (Å²) in [7, 11) is 0. The van der Waals surface area contributed by atoms with Crippen molar-refractivity contribution in [2.75, 3.05) is 0 Å². The lowest BCUT2D eigenvalue weighted by atomic mass is 9.82. The SMILES string of the molecule is CC(C)(NC(=O)CC1CCCCC1N)C(N)=O. The van der Waals surface area contributed by atoms with Crippen LogP contribution < -0.4 is 16.8 Å². The normalized spacial score (nSPS) is 25.4. The molecule has 1 aliphatic rings. The number of nitrogens with two attached hydrogens (primary N) is 2. The highest BCUT2D eigenvalue weighted by Gasteiger charge is 2.29. The molecule has 2 atom stereocenters. The van der Waals surface area contributed by atoms with Crippen molar-refractivity contribution in [2.24, 2.45) is 17.4 Å². The Morgan fingerprint density at radius 1 is 1.29 bits per heavy atom. The first-order chi connectivity index (χ1) is 7.83. The fourth-order valence-corrected chi connectivity index (χ4v) is 2.19. The molecule has 0 heterocycles. The van der Waals surface area contributed by atoms with Crippen molar-refractivity contribution >= 4 is 11.8 Å². The van der Waals surface area contributed by atoms with Crippen LogP contribution in [0.25, 0.3) is 0 Å². The molecule has 0 saturated heterocycles. The monoisotopic (exact) mass is 241 g/mol. The van der Waals surface area contributed by atoms with Crippen molar-refractivity contribution in [2.45, 2.75) is 57.5 Å². The Morgan fingerprint density at radius 2 is 1.88 bits per heavy atom. The van der Waals surface area contributed by atoms with Crippen LogP contribution in [0, 0.1) is 5.92 Å². The molecule has 0 aromatic rings. The van der Waals surface area contributed by atoms with Crippen LogP contribution in [0.1, 0.15) is 46.0 Å². The topological polar surface area (TPSA) is 98.2 Å². The first kappa shape index (κ1) is 14.0. The van der Waals surface area contributed by atoms with Gasteiger partial charge in [0, 0.05) is 12.5 Å². The van der Waals surface area contributed by atoms with Gasteiger partial charge in [-0.1, -0.05) is 12.8 Å². The highest BCUT2D eigenvalue weighted by Crippen LogP contribution is 2.25. The van der Waals surface area contributed by atoms with E-state index in [1.165, 1.54) is 0 Å². The van der Waals surface area contributed by atoms with Crippen LogP contribution in [0.4, 0.5) is 0 Å². The van der Waals surface area contributed by atoms with E-state index in [4.69, 9.17) is 11.5 Å². The minimum atomic E-state index is -0.990. The fraction of sp³-hybridized carbons (Fsp3) is 0.833. The van der Waals surface area contributed by atoms with Crippen molar-refractivity contribution in [1.82, 2.24) is 5.32 Å². The lowest BCUT2D eigenvalue weighted by molar-refractivity contribution is -0.131. The predicted octanol–water partition coefficient (Wildman–Crippen LogP) is 0.274. The molecule has 0 aromatic carbocycles. The molecule has 0 aromatic heterocycles. The van der Waals surface area contributed by atoms with Gasteiger partial charge in [0.15, 0.2) is 0 Å². The largest absolute Gasteiger partial charge is 0.368 e. The molecule has 1 fully saturated rings. The van der Waals surface area contributed by atoms with Gasteiger partial charge >= 0.3 is 0 Å². The van der Waals surface area contributed by atoms with E-state index in [1.54, 1.807) is 13.8 Å². The second-order valence-electron chi connectivity index (χ2n) is 5.45. The second-order valence-corrected chi connectivity index (χ2v) is 5.45. The van der Waals surface area contributed by atoms with Crippen molar-refractivity contribution in [3.8, 4) is 0 Å². The second kappa shape index (κ2) is 5.49. The molecule has 98 valence electrons. The van der Waals surface area contributed by atoms with Gasteiger partial charge in [0.25, 0.3) is 0 Å². The van der Waals surface area contributed by atoms with E-state index in [0.717, 1.165) is 25.7 Å². The molecule has 2 amide bonds. The summed E-state index contributed by atoms with van der Waals surface area (Å²) in [6.45, 7) is 3.21. The van der Waals surface area contributed by atoms with Crippen molar-refractivity contribution in [3.63, 3.8) is 0 Å². The minimum absolute atomic E-state index is 0.103. The van der Waals surface area contributed by atoms with Gasteiger partial charge in [0.1, 0.15) is 5.54 Å². The Balaban J connectivity index is 2.46. The van der Waals surface area contributed by atoms with Crippen molar-refractivity contribution in [3.05, 3.63) is 0 Å². The van der Waals surface area contributed by atoms with Crippen LogP contribution in [-0.4, -0.2) is 23.4 Å². The quantitative estimate of drug-likeness (QED) is 0.659. The molecule has 0 aliphatic heterocycles. The third-order valence-electron chi connectivity index (χ3n) is 3.48. The van der Waals surface area contributed by atoms with Gasteiger partial charge < -0.3 is 16.8 Å². The maximum Gasteiger partial charge on any atom is 0.242 e. The fourth-order valence-electron chi connectivity index (χ4n) is 2.19. The Hall–Kier alpha value is -1.10. The predicted molar refractivity (Wildman–Crippen MR) is 66.0 cm³/mol. The average Bonchev–Trinajstić information content (AvgIpc) is 2.20. The van der Waals surface area contributed by atoms with E-state index in [9.17, 15) is 9.59 Å². The number of primary amides is 1. The van der Waals surface area contributed by atoms with E-state index >= 15 is 0 Å². The molecule has 1 aliphatic carbocycles. The van der Waals surface area contributed by atoms with Gasteiger partial charge in [-0.05, 0) is 32.6 Å². The number of hydrogen-bond acceptors (Lipinski definition) is 3. The van der Waals surface area contributed by atoms with E-state index in [-0.39, 0.29) is 17.9 Å². The summed E-state index contributed by atoms with van der Waals surface area (Å²) < 4.78 is 0. The van der Waals surface area contributed by atoms with Crippen LogP contribution >= 0.6 is 0 Å². The zero-order valence-corrected chi connectivity index (χ0v) is 10.7. The van der Waals surface area contributed by atoms with E-state index < -0.39 is 11.4 Å². The van der Waals surface area contributed by atoms with Crippen LogP contribution in [0.15, 0.2) is 0 Å². The average molecular weight is 241 g/mol. The summed E-state index contributed by atoms with van der Waals surface area (Å²) in [5.74, 6) is -0.442. The molecular formula is C12H23N3O2. The molecule has 0 radical (unpaired) electrons. The summed E-state index contributed by atoms with van der Waals surface area (Å²) in [5, 5.41) is 2.65. The third-order valence-corrected chi connectivity index (χ3v) is 3.48. The molecule has 17 heavy (non-hydrogen) atoms. The first-order valence-electron chi connectivity index (χ1n) is 6.19. The number of nitrogens with one attached hydrogen (secondary N) is 1. The molecular weight excluding hydrogens is 218 g/mol. The smallest absolute Gasteiger partial charge is 0.242 e. The van der Waals surface area contributed by atoms with Crippen molar-refractivity contribution in [1.29, 1.82) is 0 Å². The van der Waals surface area contributed by atoms with E-state index in [1.807, 2.05) is 0 Å². The van der Waals surface area contributed by atoms with Gasteiger partial charge in [0.05, 0.1) is 0 Å². The molecule has 5 heteroatoms. The lowest BCUT2D eigenvalue weighted by Crippen LogP contribution is -2.53. The highest BCUT2D eigenvalue weighted by molar-refractivity contribution is 5.89. The number of hydrogen-bond donors (Lipinski definition) is 3. The van der Waals surface area contributed by atoms with Crippen molar-refractivity contribution < 1.29 is 9.59 Å². The Morgan fingerprint density at radius 3 is 2.41 bits per heavy atom. The number of rotatable bonds is 4. The first-order valence-corrected chi connectivity index (χ1v) is 6.19. The molecule has 2 unspecified atom stereocenters. The van der Waals surface area contributed by atoms with Crippen LogP contribution in [0.3, 0.4) is 0 Å². The van der Waals surface area contributed by atoms with Gasteiger partial charge in [0.2, 0.25) is 11.8 Å². The summed E-state index contributed by atoms with van der Waals surface area (Å²) in [6, 6.07) is 0.103. The Bertz CT molecular complexity index is 302. The number of amides is 2. The third kappa shape index (κ3) is 4.00. The molecule has 1 rings (SSSR count). The van der Waals surface area contributed by atoms with E-state index in [0.29, 0.717) is 6.42 Å². The van der Waals surface area contributed by atoms with Crippen LogP contribution in [-0.2, 0) is 9.59 Å². The molecule has 0 spiro atoms. The van der Waals surface area contributed by atoms with Gasteiger partial charge in [-0.15, -0.1) is 0 Å². The van der Waals surface area contributed by atoms with Crippen LogP contribution in [0.2, 0.25) is 0 Å². The molecule has 5 nitrogen and oxygen atoms in total. The van der Waals surface area contributed by atoms with Crippen LogP contribution in [0.5, 0.6) is 0 Å². The van der Waals surface area contributed by atoms with Gasteiger partial charge in [-0.2, -0.15) is 0 Å². The Labute approximate surface area is 102 Å². The molecule has 0 bridgehead atoms. The number of carbonyl (C=O) groups excluding carboxylic acids is 2. The summed E-state index contributed by atoms with van der Waals surface area (Å²) in [6.07, 6.45) is 4.64. The summed E-state index contributed by atoms with van der Waals surface area (Å²) in [5.41, 5.74) is 10.2. The van der Waals surface area contributed by atoms with Gasteiger partial charge in [-0.3, -0.25) is 9.59 Å². The maximum atomic E-state index is 11.8. The highest BCUT2D eigenvalue weighted by atomic mass is 16.2. The Kier molecular flexibility index (Phi) is 4.51. The minimum Gasteiger partial charge on any atom is -0.368 e. The number of carbonyl (C=O) groups is 2. The maximum absolute atomic E-state index is 11.8. The molecule has 1 saturated carbocycles. The summed E-state index contributed by atoms with van der Waals surface area (Å²) >= 11 is 0.